The molecule has 5 aromatic rings. The summed E-state index contributed by atoms with van der Waals surface area (Å²) >= 11 is 0. The summed E-state index contributed by atoms with van der Waals surface area (Å²) in [6, 6.07) is 11.2. The minimum Gasteiger partial charge on any atom is -0.494 e. The van der Waals surface area contributed by atoms with Gasteiger partial charge in [0.05, 0.1) is 35.6 Å². The largest absolute Gasteiger partial charge is 0.494 e. The van der Waals surface area contributed by atoms with E-state index in [1.54, 1.807) is 14.0 Å². The Morgan fingerprint density at radius 3 is 2.72 bits per heavy atom. The van der Waals surface area contributed by atoms with Crippen LogP contribution in [0.25, 0.3) is 33.6 Å². The smallest absolute Gasteiger partial charge is 0.255 e. The molecule has 8 rings (SSSR count). The molecular weight excluding hydrogens is 640 g/mol. The van der Waals surface area contributed by atoms with E-state index >= 15 is 0 Å². The lowest BCUT2D eigenvalue weighted by atomic mass is 9.94. The molecule has 3 aliphatic rings. The lowest BCUT2D eigenvalue weighted by Gasteiger charge is -2.37. The number of nitrogens with zero attached hydrogens (tertiary/aromatic N) is 5. The predicted octanol–water partition coefficient (Wildman–Crippen LogP) is 6.05. The number of halogens is 2. The predicted molar refractivity (Wildman–Crippen MR) is 186 cm³/mol. The number of fused-ring (bicyclic) bond motifs is 5. The third kappa shape index (κ3) is 5.40. The number of carbonyl (C=O) groups excluding carboxylic acids is 2. The summed E-state index contributed by atoms with van der Waals surface area (Å²) in [4.78, 5) is 39.3. The van der Waals surface area contributed by atoms with Gasteiger partial charge in [0.1, 0.15) is 28.5 Å². The molecule has 2 aliphatic heterocycles. The SMILES string of the molecule is COc1cc(C(=O)N2C[C@H](N)[C@@H]3CC[C@H]2C3)cc2nc(-c3cc4ccc5nc4n3CCCCCc3cc(F)cc(F)c3C(=O)N[C@@H]5C)n(C)c12. The third-order valence-electron chi connectivity index (χ3n) is 11.0. The Morgan fingerprint density at radius 2 is 1.90 bits per heavy atom. The van der Waals surface area contributed by atoms with Crippen molar-refractivity contribution >= 4 is 33.9 Å². The molecule has 50 heavy (non-hydrogen) atoms. The average molecular weight is 682 g/mol. The van der Waals surface area contributed by atoms with Crippen LogP contribution in [0, 0.1) is 17.6 Å². The van der Waals surface area contributed by atoms with Gasteiger partial charge in [-0.2, -0.15) is 0 Å². The van der Waals surface area contributed by atoms with E-state index < -0.39 is 23.6 Å². The van der Waals surface area contributed by atoms with Crippen molar-refractivity contribution in [2.75, 3.05) is 13.7 Å². The first-order valence-electron chi connectivity index (χ1n) is 17.5. The second-order valence-corrected chi connectivity index (χ2v) is 14.1. The number of imidazole rings is 1. The molecule has 0 spiro atoms. The first-order chi connectivity index (χ1) is 24.1. The number of hydrogen-bond acceptors (Lipinski definition) is 6. The summed E-state index contributed by atoms with van der Waals surface area (Å²) in [6.45, 7) is 2.98. The summed E-state index contributed by atoms with van der Waals surface area (Å²) in [7, 11) is 3.55. The zero-order valence-electron chi connectivity index (χ0n) is 28.5. The molecule has 3 N–H and O–H groups in total. The van der Waals surface area contributed by atoms with E-state index in [1.165, 1.54) is 6.07 Å². The van der Waals surface area contributed by atoms with Gasteiger partial charge in [0.25, 0.3) is 11.8 Å². The standard InChI is InChI=1S/C38H41F2N7O3/c1-20-29-11-9-23-16-31(46(35(23)43-29)12-6-4-5-7-22-13-25(39)18-27(40)33(22)37(48)42-20)36-44-30-15-24(17-32(50-3)34(30)45(36)2)38(49)47-19-28(41)21-8-10-26(47)14-21/h9,11,13,15-18,20-21,26,28H,4-8,10,12,14,19,41H2,1-3H3,(H,42,48)/t20-,21-,26+,28+/m1/s1. The number of nitrogens with two attached hydrogens (primary N) is 1. The summed E-state index contributed by atoms with van der Waals surface area (Å²) in [5, 5.41) is 3.79. The molecule has 1 saturated carbocycles. The van der Waals surface area contributed by atoms with Crippen molar-refractivity contribution < 1.29 is 23.1 Å². The van der Waals surface area contributed by atoms with Crippen molar-refractivity contribution in [1.29, 1.82) is 0 Å². The lowest BCUT2D eigenvalue weighted by Crippen LogP contribution is -2.51. The fourth-order valence-corrected chi connectivity index (χ4v) is 8.40. The van der Waals surface area contributed by atoms with Crippen LogP contribution in [0.15, 0.2) is 42.5 Å². The average Bonchev–Trinajstić information content (AvgIpc) is 3.78. The maximum atomic E-state index is 14.9. The quantitative estimate of drug-likeness (QED) is 0.240. The molecule has 0 unspecified atom stereocenters. The van der Waals surface area contributed by atoms with Gasteiger partial charge in [0, 0.05) is 49.2 Å². The van der Waals surface area contributed by atoms with Crippen molar-refractivity contribution in [2.45, 2.75) is 76.5 Å². The summed E-state index contributed by atoms with van der Waals surface area (Å²) < 4.78 is 39.1. The van der Waals surface area contributed by atoms with Gasteiger partial charge < -0.3 is 29.8 Å². The summed E-state index contributed by atoms with van der Waals surface area (Å²) in [5.41, 5.74) is 10.9. The molecule has 10 nitrogen and oxygen atoms in total. The number of pyridine rings is 1. The highest BCUT2D eigenvalue weighted by molar-refractivity contribution is 6.00. The number of nitrogens with one attached hydrogen (secondary N) is 1. The van der Waals surface area contributed by atoms with Gasteiger partial charge in [-0.3, -0.25) is 9.59 Å². The van der Waals surface area contributed by atoms with Crippen LogP contribution in [0.4, 0.5) is 8.78 Å². The van der Waals surface area contributed by atoms with E-state index in [4.69, 9.17) is 20.4 Å². The van der Waals surface area contributed by atoms with Gasteiger partial charge in [-0.15, -0.1) is 0 Å². The number of piperidine rings is 1. The van der Waals surface area contributed by atoms with Gasteiger partial charge in [-0.25, -0.2) is 18.7 Å². The number of rotatable bonds is 3. The molecular formula is C38H41F2N7O3. The number of ether oxygens (including phenoxy) is 1. The van der Waals surface area contributed by atoms with E-state index in [1.807, 2.05) is 40.8 Å². The fraction of sp³-hybridized carbons (Fsp3) is 0.421. The van der Waals surface area contributed by atoms with E-state index in [9.17, 15) is 18.4 Å². The molecule has 2 fully saturated rings. The number of methoxy groups -OCH3 is 1. The number of hydrogen-bond donors (Lipinski definition) is 2. The number of amides is 2. The normalized spacial score (nSPS) is 22.5. The Hall–Kier alpha value is -4.84. The third-order valence-corrected chi connectivity index (χ3v) is 11.0. The Balaban J connectivity index is 1.19. The molecule has 1 saturated heterocycles. The molecule has 1 aliphatic carbocycles. The molecule has 4 bridgehead atoms. The van der Waals surface area contributed by atoms with Crippen LogP contribution in [0.5, 0.6) is 5.75 Å². The number of likely N-dealkylation sites (tertiary alicyclic amines) is 1. The van der Waals surface area contributed by atoms with Crippen LogP contribution in [0.3, 0.4) is 0 Å². The van der Waals surface area contributed by atoms with Crippen LogP contribution in [0.1, 0.15) is 83.5 Å². The monoisotopic (exact) mass is 681 g/mol. The highest BCUT2D eigenvalue weighted by atomic mass is 19.1. The van der Waals surface area contributed by atoms with E-state index in [-0.39, 0.29) is 23.6 Å². The van der Waals surface area contributed by atoms with Gasteiger partial charge in [-0.05, 0) is 93.3 Å². The van der Waals surface area contributed by atoms with Crippen molar-refractivity contribution in [3.63, 3.8) is 0 Å². The van der Waals surface area contributed by atoms with Crippen molar-refractivity contribution in [3.8, 4) is 17.3 Å². The number of carbonyl (C=O) groups is 2. The minimum absolute atomic E-state index is 0.00952. The number of benzene rings is 2. The topological polar surface area (TPSA) is 120 Å². The molecule has 4 atom stereocenters. The summed E-state index contributed by atoms with van der Waals surface area (Å²) in [6.07, 6.45) is 5.55. The highest BCUT2D eigenvalue weighted by Gasteiger charge is 2.41. The Bertz CT molecular complexity index is 2180. The van der Waals surface area contributed by atoms with Gasteiger partial charge in [0.15, 0.2) is 5.82 Å². The van der Waals surface area contributed by atoms with E-state index in [0.717, 1.165) is 60.4 Å². The maximum Gasteiger partial charge on any atom is 0.255 e. The van der Waals surface area contributed by atoms with Crippen LogP contribution in [-0.4, -0.2) is 61.6 Å². The highest BCUT2D eigenvalue weighted by Crippen LogP contribution is 2.39. The van der Waals surface area contributed by atoms with Crippen LogP contribution in [-0.2, 0) is 20.0 Å². The second kappa shape index (κ2) is 12.5. The molecule has 260 valence electrons. The van der Waals surface area contributed by atoms with Crippen molar-refractivity contribution in [3.05, 3.63) is 76.5 Å². The van der Waals surface area contributed by atoms with E-state index in [0.29, 0.717) is 65.8 Å². The Morgan fingerprint density at radius 1 is 1.06 bits per heavy atom. The molecule has 0 radical (unpaired) electrons. The first kappa shape index (κ1) is 32.4. The molecule has 12 heteroatoms. The molecule has 5 heterocycles. The van der Waals surface area contributed by atoms with Crippen molar-refractivity contribution in [2.24, 2.45) is 18.7 Å². The van der Waals surface area contributed by atoms with Crippen molar-refractivity contribution in [1.82, 2.24) is 29.3 Å². The molecule has 2 amide bonds. The lowest BCUT2D eigenvalue weighted by molar-refractivity contribution is 0.0603. The summed E-state index contributed by atoms with van der Waals surface area (Å²) in [5.74, 6) is -0.460. The number of aromatic nitrogens is 4. The fourth-order valence-electron chi connectivity index (χ4n) is 8.40. The van der Waals surface area contributed by atoms with Gasteiger partial charge in [-0.1, -0.05) is 6.42 Å². The Kier molecular flexibility index (Phi) is 8.08. The second-order valence-electron chi connectivity index (χ2n) is 14.1. The van der Waals surface area contributed by atoms with Crippen LogP contribution >= 0.6 is 0 Å². The molecule has 3 aromatic heterocycles. The van der Waals surface area contributed by atoms with Crippen LogP contribution in [0.2, 0.25) is 0 Å². The van der Waals surface area contributed by atoms with Gasteiger partial charge in [0.2, 0.25) is 0 Å². The van der Waals surface area contributed by atoms with Crippen LogP contribution < -0.4 is 15.8 Å². The minimum atomic E-state index is -0.864. The van der Waals surface area contributed by atoms with E-state index in [2.05, 4.69) is 16.0 Å². The zero-order valence-corrected chi connectivity index (χ0v) is 28.5. The zero-order chi connectivity index (χ0) is 34.8. The Labute approximate surface area is 288 Å². The number of aryl methyl sites for hydroxylation is 3. The molecule has 2 aromatic carbocycles. The first-order valence-corrected chi connectivity index (χ1v) is 17.5. The van der Waals surface area contributed by atoms with Gasteiger partial charge >= 0.3 is 0 Å². The maximum absolute atomic E-state index is 14.9.